The van der Waals surface area contributed by atoms with E-state index in [0.717, 1.165) is 28.4 Å². The molecule has 0 atom stereocenters. The summed E-state index contributed by atoms with van der Waals surface area (Å²) < 4.78 is 46.6. The van der Waals surface area contributed by atoms with E-state index < -0.39 is 53.8 Å². The number of benzene rings is 10. The SMILES string of the molecule is CO.CO.CO.CO.O=P1([O-])OP(=O)([O-])OP(=O)([O-])O1.[Ru+2].c1ccc(P(=N[P+](c2ccccc2)(c2ccccc2)c2ccccc2)(c2ccccc2)c2ccccc2)cc1.c1ccc([PH+](CC[PH+](c2ccccc2)c2ccccc2)c2ccccc2)cc1. The van der Waals surface area contributed by atoms with Crippen molar-refractivity contribution >= 4 is 107 Å². The molecular formula is C66H72NO13P7Ru+2. The third-order valence-corrected chi connectivity index (χ3v) is 32.1. The van der Waals surface area contributed by atoms with Gasteiger partial charge in [-0.3, -0.25) is 13.7 Å². The van der Waals surface area contributed by atoms with Crippen molar-refractivity contribution in [2.24, 2.45) is 4.52 Å². The molecular weight excluding hydrogens is 1330 g/mol. The van der Waals surface area contributed by atoms with E-state index in [4.69, 9.17) is 24.9 Å². The molecule has 22 heteroatoms. The molecule has 0 aliphatic carbocycles. The van der Waals surface area contributed by atoms with E-state index in [2.05, 4.69) is 316 Å². The van der Waals surface area contributed by atoms with Crippen LogP contribution in [0.4, 0.5) is 0 Å². The van der Waals surface area contributed by atoms with Gasteiger partial charge in [0.2, 0.25) is 7.41 Å². The first-order valence-corrected chi connectivity index (χ1v) is 38.3. The maximum atomic E-state index is 10.2. The molecule has 88 heavy (non-hydrogen) atoms. The standard InChI is InChI=1S/C36H30NP2.C26H24P2.4CH4O.H3O9P3.Ru/c1-7-19-31(20-8-1)38(32-21-9-2-10-22-32,33-23-11-3-12-24-33)37-39(34-25-13-4-14-26-34,35-27-15-5-16-28-35)36-29-17-6-18-30-36;1-5-13-23(14-6-1)27(24-15-7-2-8-16-24)21-22-28(25-17-9-3-10-18-25)26-19-11-4-12-20-26;4*1-2;1-10(2)7-11(3,4)9-12(5,6)8-10;/h1-30H;1-20H,21-22H2;4*2H,1H3;(H,1,2)(H,3,4)(H,5,6);/q+1;;;;;;;+2/p-1. The number of hydrogen-bond acceptors (Lipinski definition) is 14. The topological polar surface area (TPSA) is 241 Å². The Morgan fingerprint density at radius 2 is 0.500 bits per heavy atom. The Kier molecular flexibility index (Phi) is 33.3. The molecule has 0 radical (unpaired) electrons. The second-order valence-corrected chi connectivity index (χ2v) is 34.1. The van der Waals surface area contributed by atoms with Crippen molar-refractivity contribution in [2.75, 3.05) is 40.8 Å². The van der Waals surface area contributed by atoms with E-state index in [1.54, 1.807) is 0 Å². The summed E-state index contributed by atoms with van der Waals surface area (Å²) in [6.07, 6.45) is 2.52. The minimum absolute atomic E-state index is 0. The fourth-order valence-electron chi connectivity index (χ4n) is 9.40. The smallest absolute Gasteiger partial charge is 0.756 e. The van der Waals surface area contributed by atoms with E-state index in [-0.39, 0.29) is 19.5 Å². The number of phosphoric acid groups is 3. The van der Waals surface area contributed by atoms with E-state index in [9.17, 15) is 28.4 Å². The van der Waals surface area contributed by atoms with Gasteiger partial charge in [-0.25, -0.2) is 12.9 Å². The van der Waals surface area contributed by atoms with Crippen molar-refractivity contribution in [3.63, 3.8) is 0 Å². The molecule has 0 spiro atoms. The summed E-state index contributed by atoms with van der Waals surface area (Å²) in [6.45, 7) is 0. The number of nitrogens with zero attached hydrogens (tertiary/aromatic N) is 1. The maximum Gasteiger partial charge on any atom is 2.00 e. The minimum atomic E-state index is -5.36. The normalized spacial score (nSPS) is 16.5. The molecule has 0 saturated carbocycles. The van der Waals surface area contributed by atoms with Crippen LogP contribution in [0.3, 0.4) is 0 Å². The van der Waals surface area contributed by atoms with Crippen LogP contribution < -0.4 is 67.7 Å². The van der Waals surface area contributed by atoms with Crippen LogP contribution in [-0.2, 0) is 46.1 Å². The van der Waals surface area contributed by atoms with Gasteiger partial charge in [-0.2, -0.15) is 0 Å². The average molecular weight is 1410 g/mol. The molecule has 1 fully saturated rings. The van der Waals surface area contributed by atoms with Gasteiger partial charge in [-0.05, 0) is 84.9 Å². The van der Waals surface area contributed by atoms with Gasteiger partial charge in [-0.15, -0.1) is 4.52 Å². The van der Waals surface area contributed by atoms with Gasteiger partial charge in [0.25, 0.3) is 23.5 Å². The third-order valence-electron chi connectivity index (χ3n) is 12.8. The van der Waals surface area contributed by atoms with Crippen molar-refractivity contribution in [1.82, 2.24) is 0 Å². The summed E-state index contributed by atoms with van der Waals surface area (Å²) in [7, 11) is -18.6. The molecule has 11 rings (SSSR count). The molecule has 1 aliphatic rings. The van der Waals surface area contributed by atoms with Crippen LogP contribution in [0, 0.1) is 0 Å². The third kappa shape index (κ3) is 21.1. The zero-order valence-corrected chi connectivity index (χ0v) is 57.0. The zero-order chi connectivity index (χ0) is 63.0. The fraction of sp³-hybridized carbons (Fsp3) is 0.0909. The Morgan fingerprint density at radius 1 is 0.330 bits per heavy atom. The van der Waals surface area contributed by atoms with Gasteiger partial charge in [0.1, 0.15) is 35.3 Å². The van der Waals surface area contributed by atoms with Gasteiger partial charge >= 0.3 is 19.5 Å². The molecule has 1 aliphatic heterocycles. The van der Waals surface area contributed by atoms with Crippen LogP contribution >= 0.6 is 53.8 Å². The van der Waals surface area contributed by atoms with Gasteiger partial charge in [-0.1, -0.05) is 218 Å². The van der Waals surface area contributed by atoms with Gasteiger partial charge in [0.05, 0.1) is 37.1 Å². The second-order valence-electron chi connectivity index (χ2n) is 17.9. The monoisotopic (exact) mass is 1410 g/mol. The summed E-state index contributed by atoms with van der Waals surface area (Å²) in [5.74, 6) is 0. The summed E-state index contributed by atoms with van der Waals surface area (Å²) in [5.41, 5.74) is 0. The van der Waals surface area contributed by atoms with Crippen LogP contribution in [0.15, 0.2) is 308 Å². The molecule has 0 bridgehead atoms. The predicted molar refractivity (Wildman–Crippen MR) is 362 cm³/mol. The van der Waals surface area contributed by atoms with Crippen molar-refractivity contribution in [1.29, 1.82) is 0 Å². The molecule has 14 nitrogen and oxygen atoms in total. The Labute approximate surface area is 533 Å². The number of aliphatic hydroxyl groups excluding tert-OH is 4. The molecule has 1 heterocycles. The summed E-state index contributed by atoms with van der Waals surface area (Å²) in [4.78, 5) is 30.7. The van der Waals surface area contributed by atoms with E-state index in [1.165, 1.54) is 65.4 Å². The molecule has 0 unspecified atom stereocenters. The van der Waals surface area contributed by atoms with Gasteiger partial charge in [0.15, 0.2) is 0 Å². The minimum Gasteiger partial charge on any atom is -0.756 e. The van der Waals surface area contributed by atoms with Crippen molar-refractivity contribution in [2.45, 2.75) is 0 Å². The maximum absolute atomic E-state index is 10.2. The number of hydrogen-bond donors (Lipinski definition) is 4. The molecule has 10 aromatic carbocycles. The van der Waals surface area contributed by atoms with E-state index in [0.29, 0.717) is 0 Å². The first kappa shape index (κ1) is 75.1. The van der Waals surface area contributed by atoms with Crippen LogP contribution in [0.5, 0.6) is 0 Å². The van der Waals surface area contributed by atoms with Gasteiger partial charge in [0, 0.05) is 44.4 Å². The van der Waals surface area contributed by atoms with Crippen molar-refractivity contribution < 1.29 is 81.2 Å². The predicted octanol–water partition coefficient (Wildman–Crippen LogP) is 8.68. The van der Waals surface area contributed by atoms with Crippen LogP contribution in [0.2, 0.25) is 0 Å². The summed E-state index contributed by atoms with van der Waals surface area (Å²) in [6, 6.07) is 110. The molecule has 0 aromatic heterocycles. The molecule has 4 N–H and O–H groups in total. The summed E-state index contributed by atoms with van der Waals surface area (Å²) >= 11 is 0. The average Bonchev–Trinajstić information content (AvgIpc) is 0.963. The zero-order valence-electron chi connectivity index (χ0n) is 48.8. The molecule has 0 amide bonds. The fourth-order valence-corrected chi connectivity index (χ4v) is 29.2. The van der Waals surface area contributed by atoms with Crippen molar-refractivity contribution in [3.8, 4) is 0 Å². The largest absolute Gasteiger partial charge is 2.00 e. The quantitative estimate of drug-likeness (QED) is 0.0589. The number of rotatable bonds is 14. The molecule has 460 valence electrons. The molecule has 10 aromatic rings. The second kappa shape index (κ2) is 39.0. The van der Waals surface area contributed by atoms with Crippen LogP contribution in [-0.4, -0.2) is 61.2 Å². The Balaban J connectivity index is 0.000000295. The van der Waals surface area contributed by atoms with Crippen LogP contribution in [0.1, 0.15) is 0 Å². The molecule has 1 saturated heterocycles. The number of aliphatic hydroxyl groups is 4. The first-order valence-electron chi connectivity index (χ1n) is 27.0. The Morgan fingerprint density at radius 3 is 0.693 bits per heavy atom. The summed E-state index contributed by atoms with van der Waals surface area (Å²) in [5, 5.41) is 41.6. The van der Waals surface area contributed by atoms with Crippen molar-refractivity contribution in [3.05, 3.63) is 303 Å². The van der Waals surface area contributed by atoms with E-state index in [1.807, 2.05) is 0 Å². The Bertz CT molecular complexity index is 3270. The van der Waals surface area contributed by atoms with Crippen LogP contribution in [0.25, 0.3) is 0 Å². The van der Waals surface area contributed by atoms with Gasteiger partial charge < -0.3 is 35.1 Å². The van der Waals surface area contributed by atoms with E-state index >= 15 is 0 Å². The Hall–Kier alpha value is -5.37. The first-order chi connectivity index (χ1) is 42.4.